The summed E-state index contributed by atoms with van der Waals surface area (Å²) in [6.45, 7) is 3.83. The van der Waals surface area contributed by atoms with Gasteiger partial charge in [-0.3, -0.25) is 0 Å². The van der Waals surface area contributed by atoms with Crippen LogP contribution in [0.25, 0.3) is 0 Å². The molecule has 1 heterocycles. The highest BCUT2D eigenvalue weighted by molar-refractivity contribution is 5.27. The second kappa shape index (κ2) is 4.64. The van der Waals surface area contributed by atoms with Crippen LogP contribution in [-0.2, 0) is 6.54 Å². The Morgan fingerprint density at radius 3 is 2.80 bits per heavy atom. The van der Waals surface area contributed by atoms with Crippen molar-refractivity contribution in [1.82, 2.24) is 9.55 Å². The van der Waals surface area contributed by atoms with Gasteiger partial charge >= 0.3 is 0 Å². The fourth-order valence-corrected chi connectivity index (χ4v) is 1.54. The molecule has 1 N–H and O–H groups in total. The average Bonchev–Trinajstić information content (AvgIpc) is 2.68. The number of imidazole rings is 1. The summed E-state index contributed by atoms with van der Waals surface area (Å²) < 4.78 is 2.11. The van der Waals surface area contributed by atoms with E-state index >= 15 is 0 Å². The third-order valence-corrected chi connectivity index (χ3v) is 2.25. The maximum atomic E-state index is 4.25. The molecule has 2 rings (SSSR count). The Kier molecular flexibility index (Phi) is 3.02. The molecule has 0 fully saturated rings. The molecule has 0 bridgehead atoms. The van der Waals surface area contributed by atoms with E-state index in [0.717, 1.165) is 19.0 Å². The summed E-state index contributed by atoms with van der Waals surface area (Å²) in [4.78, 5) is 4.25. The van der Waals surface area contributed by atoms with E-state index in [2.05, 4.69) is 46.1 Å². The Balaban J connectivity index is 2.14. The highest BCUT2D eigenvalue weighted by Crippen LogP contribution is 2.08. The van der Waals surface area contributed by atoms with Crippen molar-refractivity contribution in [3.05, 3.63) is 48.3 Å². The van der Waals surface area contributed by atoms with Crippen molar-refractivity contribution >= 4 is 5.95 Å². The lowest BCUT2D eigenvalue weighted by molar-refractivity contribution is 0.800. The quantitative estimate of drug-likeness (QED) is 0.823. The molecule has 0 radical (unpaired) electrons. The summed E-state index contributed by atoms with van der Waals surface area (Å²) in [6.07, 6.45) is 3.81. The van der Waals surface area contributed by atoms with Gasteiger partial charge in [0.15, 0.2) is 0 Å². The van der Waals surface area contributed by atoms with Crippen LogP contribution in [0, 0.1) is 0 Å². The van der Waals surface area contributed by atoms with Crippen molar-refractivity contribution in [2.75, 3.05) is 11.9 Å². The van der Waals surface area contributed by atoms with Crippen LogP contribution >= 0.6 is 0 Å². The topological polar surface area (TPSA) is 29.9 Å². The Morgan fingerprint density at radius 1 is 1.27 bits per heavy atom. The van der Waals surface area contributed by atoms with Gasteiger partial charge in [-0.05, 0) is 12.5 Å². The Hall–Kier alpha value is -1.77. The minimum atomic E-state index is 0.864. The van der Waals surface area contributed by atoms with Gasteiger partial charge in [0, 0.05) is 18.9 Å². The molecule has 3 heteroatoms. The van der Waals surface area contributed by atoms with Crippen LogP contribution in [0.5, 0.6) is 0 Å². The number of nitrogens with one attached hydrogen (secondary N) is 1. The van der Waals surface area contributed by atoms with Gasteiger partial charge in [0.05, 0.1) is 6.54 Å². The normalized spacial score (nSPS) is 10.2. The zero-order valence-corrected chi connectivity index (χ0v) is 8.85. The maximum Gasteiger partial charge on any atom is 0.203 e. The molecule has 1 aromatic heterocycles. The highest BCUT2D eigenvalue weighted by Gasteiger charge is 2.00. The molecule has 2 aromatic rings. The van der Waals surface area contributed by atoms with E-state index < -0.39 is 0 Å². The van der Waals surface area contributed by atoms with Gasteiger partial charge in [-0.25, -0.2) is 4.98 Å². The second-order valence-corrected chi connectivity index (χ2v) is 3.39. The molecule has 0 aliphatic heterocycles. The van der Waals surface area contributed by atoms with Crippen LogP contribution in [0.3, 0.4) is 0 Å². The van der Waals surface area contributed by atoms with Crippen molar-refractivity contribution in [3.8, 4) is 0 Å². The van der Waals surface area contributed by atoms with Gasteiger partial charge in [-0.15, -0.1) is 0 Å². The van der Waals surface area contributed by atoms with Crippen LogP contribution in [0.1, 0.15) is 12.5 Å². The average molecular weight is 201 g/mol. The van der Waals surface area contributed by atoms with E-state index in [4.69, 9.17) is 0 Å². The lowest BCUT2D eigenvalue weighted by atomic mass is 10.2. The molecule has 0 aliphatic carbocycles. The van der Waals surface area contributed by atoms with Crippen molar-refractivity contribution in [3.63, 3.8) is 0 Å². The first-order valence-corrected chi connectivity index (χ1v) is 5.19. The van der Waals surface area contributed by atoms with Gasteiger partial charge < -0.3 is 9.88 Å². The van der Waals surface area contributed by atoms with E-state index in [1.807, 2.05) is 18.5 Å². The lowest BCUT2D eigenvalue weighted by Crippen LogP contribution is -2.07. The van der Waals surface area contributed by atoms with Gasteiger partial charge in [-0.2, -0.15) is 0 Å². The molecule has 0 spiro atoms. The minimum absolute atomic E-state index is 0.864. The predicted molar refractivity (Wildman–Crippen MR) is 61.9 cm³/mol. The monoisotopic (exact) mass is 201 g/mol. The van der Waals surface area contributed by atoms with Crippen LogP contribution in [0.2, 0.25) is 0 Å². The molecule has 0 atom stereocenters. The third-order valence-electron chi connectivity index (χ3n) is 2.25. The summed E-state index contributed by atoms with van der Waals surface area (Å²) in [5, 5.41) is 3.23. The summed E-state index contributed by atoms with van der Waals surface area (Å²) in [5.74, 6) is 0.932. The molecule has 0 amide bonds. The van der Waals surface area contributed by atoms with E-state index in [9.17, 15) is 0 Å². The summed E-state index contributed by atoms with van der Waals surface area (Å²) in [7, 11) is 0. The van der Waals surface area contributed by atoms with Crippen LogP contribution < -0.4 is 5.32 Å². The van der Waals surface area contributed by atoms with E-state index in [0.29, 0.717) is 0 Å². The van der Waals surface area contributed by atoms with Crippen molar-refractivity contribution in [2.24, 2.45) is 0 Å². The van der Waals surface area contributed by atoms with Gasteiger partial charge in [0.1, 0.15) is 0 Å². The number of anilines is 1. The number of hydrogen-bond acceptors (Lipinski definition) is 2. The summed E-state index contributed by atoms with van der Waals surface area (Å²) >= 11 is 0. The highest BCUT2D eigenvalue weighted by atomic mass is 15.2. The SMILES string of the molecule is CCNc1nccn1Cc1ccccc1. The molecule has 15 heavy (non-hydrogen) atoms. The molecule has 0 unspecified atom stereocenters. The Labute approximate surface area is 89.8 Å². The van der Waals surface area contributed by atoms with Gasteiger partial charge in [-0.1, -0.05) is 30.3 Å². The van der Waals surface area contributed by atoms with Crippen molar-refractivity contribution in [2.45, 2.75) is 13.5 Å². The first-order valence-electron chi connectivity index (χ1n) is 5.19. The van der Waals surface area contributed by atoms with E-state index in [1.165, 1.54) is 5.56 Å². The van der Waals surface area contributed by atoms with Crippen molar-refractivity contribution in [1.29, 1.82) is 0 Å². The predicted octanol–water partition coefficient (Wildman–Crippen LogP) is 2.36. The molecule has 3 nitrogen and oxygen atoms in total. The van der Waals surface area contributed by atoms with Crippen LogP contribution in [0.4, 0.5) is 5.95 Å². The number of rotatable bonds is 4. The standard InChI is InChI=1S/C12H15N3/c1-2-13-12-14-8-9-15(12)10-11-6-4-3-5-7-11/h3-9H,2,10H2,1H3,(H,13,14). The van der Waals surface area contributed by atoms with Crippen molar-refractivity contribution < 1.29 is 0 Å². The van der Waals surface area contributed by atoms with Crippen LogP contribution in [-0.4, -0.2) is 16.1 Å². The number of hydrogen-bond donors (Lipinski definition) is 1. The Morgan fingerprint density at radius 2 is 2.07 bits per heavy atom. The minimum Gasteiger partial charge on any atom is -0.356 e. The van der Waals surface area contributed by atoms with Crippen LogP contribution in [0.15, 0.2) is 42.7 Å². The van der Waals surface area contributed by atoms with E-state index in [1.54, 1.807) is 0 Å². The third kappa shape index (κ3) is 2.37. The zero-order chi connectivity index (χ0) is 10.5. The zero-order valence-electron chi connectivity index (χ0n) is 8.85. The lowest BCUT2D eigenvalue weighted by Gasteiger charge is -2.08. The summed E-state index contributed by atoms with van der Waals surface area (Å²) in [5.41, 5.74) is 1.29. The maximum absolute atomic E-state index is 4.25. The fourth-order valence-electron chi connectivity index (χ4n) is 1.54. The van der Waals surface area contributed by atoms with E-state index in [-0.39, 0.29) is 0 Å². The Bertz CT molecular complexity index is 406. The molecule has 0 aliphatic rings. The number of benzene rings is 1. The second-order valence-electron chi connectivity index (χ2n) is 3.39. The van der Waals surface area contributed by atoms with Gasteiger partial charge in [0.25, 0.3) is 0 Å². The number of nitrogens with zero attached hydrogens (tertiary/aromatic N) is 2. The molecular formula is C12H15N3. The fraction of sp³-hybridized carbons (Fsp3) is 0.250. The summed E-state index contributed by atoms with van der Waals surface area (Å²) in [6, 6.07) is 10.4. The van der Waals surface area contributed by atoms with Gasteiger partial charge in [0.2, 0.25) is 5.95 Å². The molecule has 78 valence electrons. The largest absolute Gasteiger partial charge is 0.356 e. The number of aromatic nitrogens is 2. The molecule has 1 aromatic carbocycles. The molecule has 0 saturated heterocycles. The molecular weight excluding hydrogens is 186 g/mol. The first kappa shape index (κ1) is 9.77. The molecule has 0 saturated carbocycles. The smallest absolute Gasteiger partial charge is 0.203 e. The first-order chi connectivity index (χ1) is 7.40.